The molecule has 0 saturated carbocycles. The molecule has 3 nitrogen and oxygen atoms in total. The Hall–Kier alpha value is -2.20. The van der Waals surface area contributed by atoms with Gasteiger partial charge < -0.3 is 4.98 Å². The summed E-state index contributed by atoms with van der Waals surface area (Å²) in [5.74, 6) is 0.102. The Balaban J connectivity index is 1.76. The van der Waals surface area contributed by atoms with Crippen molar-refractivity contribution in [3.05, 3.63) is 58.5 Å². The van der Waals surface area contributed by atoms with Gasteiger partial charge in [0.25, 0.3) is 0 Å². The number of carbonyl (C=O) groups excluding carboxylic acids is 1. The molecule has 1 aliphatic rings. The average molecular weight is 294 g/mol. The van der Waals surface area contributed by atoms with Gasteiger partial charge in [-0.15, -0.1) is 11.3 Å². The van der Waals surface area contributed by atoms with E-state index < -0.39 is 0 Å². The van der Waals surface area contributed by atoms with E-state index in [0.717, 1.165) is 27.2 Å². The molecule has 0 spiro atoms. The van der Waals surface area contributed by atoms with Gasteiger partial charge in [0.1, 0.15) is 0 Å². The second-order valence-electron chi connectivity index (χ2n) is 5.35. The summed E-state index contributed by atoms with van der Waals surface area (Å²) in [6.07, 6.45) is 6.46. The smallest absolute Gasteiger partial charge is 0.172 e. The first-order chi connectivity index (χ1) is 10.2. The van der Waals surface area contributed by atoms with Gasteiger partial charge in [0.05, 0.1) is 12.0 Å². The van der Waals surface area contributed by atoms with Gasteiger partial charge in [0.15, 0.2) is 5.78 Å². The van der Waals surface area contributed by atoms with Crippen molar-refractivity contribution < 1.29 is 4.79 Å². The van der Waals surface area contributed by atoms with Crippen LogP contribution in [-0.4, -0.2) is 15.8 Å². The van der Waals surface area contributed by atoms with E-state index in [9.17, 15) is 4.79 Å². The van der Waals surface area contributed by atoms with Crippen LogP contribution in [0.5, 0.6) is 0 Å². The Morgan fingerprint density at radius 3 is 3.00 bits per heavy atom. The van der Waals surface area contributed by atoms with Crippen molar-refractivity contribution in [3.8, 4) is 0 Å². The summed E-state index contributed by atoms with van der Waals surface area (Å²) in [5.41, 5.74) is 2.90. The van der Waals surface area contributed by atoms with Gasteiger partial charge in [-0.1, -0.05) is 24.3 Å². The van der Waals surface area contributed by atoms with Crippen molar-refractivity contribution in [3.63, 3.8) is 0 Å². The molecule has 1 unspecified atom stereocenters. The molecule has 0 saturated heterocycles. The van der Waals surface area contributed by atoms with Gasteiger partial charge >= 0.3 is 0 Å². The van der Waals surface area contributed by atoms with Gasteiger partial charge in [-0.05, 0) is 19.1 Å². The molecule has 21 heavy (non-hydrogen) atoms. The second-order valence-corrected chi connectivity index (χ2v) is 6.43. The zero-order valence-corrected chi connectivity index (χ0v) is 12.4. The lowest BCUT2D eigenvalue weighted by Crippen LogP contribution is -2.18. The van der Waals surface area contributed by atoms with E-state index in [2.05, 4.69) is 22.1 Å². The molecule has 0 amide bonds. The van der Waals surface area contributed by atoms with Crippen LogP contribution < -0.4 is 0 Å². The van der Waals surface area contributed by atoms with E-state index in [1.165, 1.54) is 4.70 Å². The van der Waals surface area contributed by atoms with Crippen molar-refractivity contribution in [2.45, 2.75) is 13.3 Å². The Morgan fingerprint density at radius 2 is 2.19 bits per heavy atom. The number of ketones is 1. The van der Waals surface area contributed by atoms with Crippen LogP contribution in [0.25, 0.3) is 16.2 Å². The number of aryl methyl sites for hydroxylation is 1. The first kappa shape index (κ1) is 12.5. The van der Waals surface area contributed by atoms with E-state index in [1.807, 2.05) is 31.2 Å². The summed E-state index contributed by atoms with van der Waals surface area (Å²) in [5, 5.41) is 1.08. The van der Waals surface area contributed by atoms with Crippen molar-refractivity contribution in [1.29, 1.82) is 0 Å². The number of fused-ring (bicyclic) bond motifs is 3. The number of Topliss-reactive ketones (excluding diaryl/α,β-unsaturated/α-hetero) is 1. The molecule has 104 valence electrons. The minimum absolute atomic E-state index is 0.113. The number of hydrogen-bond donors (Lipinski definition) is 1. The SMILES string of the molecule is Cc1[nH]cnc1CC1C=Cc2sc3ccccc3c2C1=O. The van der Waals surface area contributed by atoms with Crippen LogP contribution in [-0.2, 0) is 6.42 Å². The predicted molar refractivity (Wildman–Crippen MR) is 85.7 cm³/mol. The van der Waals surface area contributed by atoms with Crippen molar-refractivity contribution >= 4 is 33.3 Å². The van der Waals surface area contributed by atoms with Gasteiger partial charge in [0, 0.05) is 38.6 Å². The molecule has 1 aliphatic carbocycles. The fraction of sp³-hybridized carbons (Fsp3) is 0.176. The molecule has 4 heteroatoms. The second kappa shape index (κ2) is 4.67. The molecule has 0 aliphatic heterocycles. The highest BCUT2D eigenvalue weighted by Crippen LogP contribution is 2.37. The number of aromatic nitrogens is 2. The van der Waals surface area contributed by atoms with Crippen LogP contribution in [0.2, 0.25) is 0 Å². The molecule has 2 heterocycles. The topological polar surface area (TPSA) is 45.8 Å². The fourth-order valence-corrected chi connectivity index (χ4v) is 4.00. The standard InChI is InChI=1S/C17H14N2OS/c1-10-13(19-9-18-10)8-11-6-7-15-16(17(11)20)12-4-2-3-5-14(12)21-15/h2-7,9,11H,8H2,1H3,(H,18,19). The number of carbonyl (C=O) groups is 1. The normalized spacial score (nSPS) is 17.4. The number of aromatic amines is 1. The average Bonchev–Trinajstić information content (AvgIpc) is 3.06. The highest BCUT2D eigenvalue weighted by molar-refractivity contribution is 7.20. The Morgan fingerprint density at radius 1 is 1.33 bits per heavy atom. The van der Waals surface area contributed by atoms with E-state index in [-0.39, 0.29) is 11.7 Å². The molecule has 2 aromatic heterocycles. The molecular weight excluding hydrogens is 280 g/mol. The number of rotatable bonds is 2. The van der Waals surface area contributed by atoms with Crippen molar-refractivity contribution in [1.82, 2.24) is 9.97 Å². The van der Waals surface area contributed by atoms with Gasteiger partial charge in [0.2, 0.25) is 0 Å². The monoisotopic (exact) mass is 294 g/mol. The van der Waals surface area contributed by atoms with Crippen LogP contribution in [0.3, 0.4) is 0 Å². The number of benzene rings is 1. The first-order valence-corrected chi connectivity index (χ1v) is 7.78. The molecule has 1 aromatic carbocycles. The zero-order valence-electron chi connectivity index (χ0n) is 11.6. The van der Waals surface area contributed by atoms with E-state index >= 15 is 0 Å². The van der Waals surface area contributed by atoms with Gasteiger partial charge in [-0.2, -0.15) is 0 Å². The summed E-state index contributed by atoms with van der Waals surface area (Å²) < 4.78 is 1.18. The largest absolute Gasteiger partial charge is 0.348 e. The zero-order chi connectivity index (χ0) is 14.4. The lowest BCUT2D eigenvalue weighted by Gasteiger charge is -2.15. The predicted octanol–water partition coefficient (Wildman–Crippen LogP) is 4.00. The maximum absolute atomic E-state index is 12.8. The number of H-pyrrole nitrogens is 1. The molecule has 0 fully saturated rings. The minimum Gasteiger partial charge on any atom is -0.348 e. The summed E-state index contributed by atoms with van der Waals surface area (Å²) in [6, 6.07) is 8.13. The Labute approximate surface area is 126 Å². The molecular formula is C17H14N2OS. The third-order valence-corrected chi connectivity index (χ3v) is 5.17. The third kappa shape index (κ3) is 1.94. The highest BCUT2D eigenvalue weighted by Gasteiger charge is 2.28. The van der Waals surface area contributed by atoms with Crippen LogP contribution in [0.15, 0.2) is 36.7 Å². The molecule has 4 rings (SSSR count). The van der Waals surface area contributed by atoms with E-state index in [0.29, 0.717) is 6.42 Å². The van der Waals surface area contributed by atoms with Crippen molar-refractivity contribution in [2.75, 3.05) is 0 Å². The molecule has 0 bridgehead atoms. The molecule has 1 atom stereocenters. The molecule has 3 aromatic rings. The number of imidazole rings is 1. The quantitative estimate of drug-likeness (QED) is 0.776. The van der Waals surface area contributed by atoms with Crippen LogP contribution in [0.1, 0.15) is 26.6 Å². The van der Waals surface area contributed by atoms with Crippen LogP contribution in [0.4, 0.5) is 0 Å². The number of nitrogens with one attached hydrogen (secondary N) is 1. The lowest BCUT2D eigenvalue weighted by molar-refractivity contribution is 0.0944. The number of nitrogens with zero attached hydrogens (tertiary/aromatic N) is 1. The summed E-state index contributed by atoms with van der Waals surface area (Å²) in [7, 11) is 0. The molecule has 0 radical (unpaired) electrons. The number of thiophene rings is 1. The first-order valence-electron chi connectivity index (χ1n) is 6.97. The highest BCUT2D eigenvalue weighted by atomic mass is 32.1. The lowest BCUT2D eigenvalue weighted by atomic mass is 9.87. The van der Waals surface area contributed by atoms with E-state index in [1.54, 1.807) is 17.7 Å². The third-order valence-electron chi connectivity index (χ3n) is 4.03. The Kier molecular flexibility index (Phi) is 2.79. The minimum atomic E-state index is -0.113. The van der Waals surface area contributed by atoms with Crippen LogP contribution in [0, 0.1) is 12.8 Å². The maximum Gasteiger partial charge on any atom is 0.172 e. The van der Waals surface area contributed by atoms with Crippen molar-refractivity contribution in [2.24, 2.45) is 5.92 Å². The van der Waals surface area contributed by atoms with E-state index in [4.69, 9.17) is 0 Å². The fourth-order valence-electron chi connectivity index (χ4n) is 2.87. The summed E-state index contributed by atoms with van der Waals surface area (Å²) >= 11 is 1.69. The Bertz CT molecular complexity index is 872. The molecule has 1 N–H and O–H groups in total. The van der Waals surface area contributed by atoms with Crippen LogP contribution >= 0.6 is 11.3 Å². The number of hydrogen-bond acceptors (Lipinski definition) is 3. The van der Waals surface area contributed by atoms with Gasteiger partial charge in [-0.3, -0.25) is 4.79 Å². The van der Waals surface area contributed by atoms with Gasteiger partial charge in [-0.25, -0.2) is 4.98 Å². The maximum atomic E-state index is 12.8. The summed E-state index contributed by atoms with van der Waals surface area (Å²) in [4.78, 5) is 21.3. The summed E-state index contributed by atoms with van der Waals surface area (Å²) in [6.45, 7) is 1.99. The number of allylic oxidation sites excluding steroid dienone is 1.